The maximum Gasteiger partial charge on any atom is 0.357 e. The van der Waals surface area contributed by atoms with Crippen LogP contribution in [-0.4, -0.2) is 26.1 Å². The minimum Gasteiger partial charge on any atom is -0.464 e. The Balaban J connectivity index is 3.47. The zero-order valence-corrected chi connectivity index (χ0v) is 9.39. The lowest BCUT2D eigenvalue weighted by molar-refractivity contribution is 0.0584. The molecule has 15 heavy (non-hydrogen) atoms. The number of methoxy groups -OCH3 is 1. The van der Waals surface area contributed by atoms with Gasteiger partial charge in [-0.15, -0.1) is 0 Å². The minimum atomic E-state index is -4.21. The molecule has 5 nitrogen and oxygen atoms in total. The molecule has 0 aliphatic carbocycles. The summed E-state index contributed by atoms with van der Waals surface area (Å²) in [5.41, 5.74) is -0.489. The second-order valence-corrected chi connectivity index (χ2v) is 5.23. The third-order valence-electron chi connectivity index (χ3n) is 1.73. The SMILES string of the molecule is COC(=O)c1c(F)c(S(=O)(=O)Cl)cn1C. The van der Waals surface area contributed by atoms with E-state index in [-0.39, 0.29) is 0 Å². The Labute approximate surface area is 89.8 Å². The molecule has 1 rings (SSSR count). The predicted molar refractivity (Wildman–Crippen MR) is 49.7 cm³/mol. The Kier molecular flexibility index (Phi) is 3.05. The molecule has 0 fully saturated rings. The zero-order valence-electron chi connectivity index (χ0n) is 7.82. The van der Waals surface area contributed by atoms with Crippen LogP contribution in [0.1, 0.15) is 10.5 Å². The van der Waals surface area contributed by atoms with E-state index in [9.17, 15) is 17.6 Å². The third kappa shape index (κ3) is 2.13. The van der Waals surface area contributed by atoms with Crippen LogP contribution in [0.2, 0.25) is 0 Å². The summed E-state index contributed by atoms with van der Waals surface area (Å²) in [5.74, 6) is -2.18. The van der Waals surface area contributed by atoms with E-state index in [1.165, 1.54) is 7.05 Å². The van der Waals surface area contributed by atoms with E-state index < -0.39 is 31.4 Å². The highest BCUT2D eigenvalue weighted by Crippen LogP contribution is 2.23. The number of nitrogens with zero attached hydrogens (tertiary/aromatic N) is 1. The van der Waals surface area contributed by atoms with Gasteiger partial charge in [-0.25, -0.2) is 17.6 Å². The Hall–Kier alpha value is -1.08. The molecule has 1 heterocycles. The monoisotopic (exact) mass is 255 g/mol. The highest BCUT2D eigenvalue weighted by Gasteiger charge is 2.27. The molecule has 8 heteroatoms. The molecule has 0 atom stereocenters. The van der Waals surface area contributed by atoms with Gasteiger partial charge in [0.15, 0.2) is 11.5 Å². The first-order valence-electron chi connectivity index (χ1n) is 3.66. The van der Waals surface area contributed by atoms with E-state index in [1.54, 1.807) is 0 Å². The molecule has 0 unspecified atom stereocenters. The Morgan fingerprint density at radius 1 is 1.60 bits per heavy atom. The van der Waals surface area contributed by atoms with Gasteiger partial charge in [0.25, 0.3) is 9.05 Å². The first-order chi connectivity index (χ1) is 6.79. The lowest BCUT2D eigenvalue weighted by Gasteiger charge is -1.99. The number of hydrogen-bond donors (Lipinski definition) is 0. The van der Waals surface area contributed by atoms with Crippen molar-refractivity contribution in [2.75, 3.05) is 7.11 Å². The van der Waals surface area contributed by atoms with Gasteiger partial charge in [-0.05, 0) is 0 Å². The van der Waals surface area contributed by atoms with Gasteiger partial charge in [-0.3, -0.25) is 0 Å². The second kappa shape index (κ2) is 3.82. The number of halogens is 2. The van der Waals surface area contributed by atoms with Gasteiger partial charge >= 0.3 is 5.97 Å². The number of hydrogen-bond acceptors (Lipinski definition) is 4. The summed E-state index contributed by atoms with van der Waals surface area (Å²) in [6.07, 6.45) is 0.907. The quantitative estimate of drug-likeness (QED) is 0.581. The van der Waals surface area contributed by atoms with E-state index in [4.69, 9.17) is 10.7 Å². The zero-order chi connectivity index (χ0) is 11.8. The molecule has 0 aliphatic heterocycles. The smallest absolute Gasteiger partial charge is 0.357 e. The van der Waals surface area contributed by atoms with E-state index >= 15 is 0 Å². The standard InChI is InChI=1S/C7H7ClFNO4S/c1-10-3-4(15(8,12)13)5(9)6(10)7(11)14-2/h3H,1-2H3. The molecule has 0 saturated heterocycles. The first-order valence-corrected chi connectivity index (χ1v) is 5.97. The Morgan fingerprint density at radius 2 is 2.13 bits per heavy atom. The fourth-order valence-electron chi connectivity index (χ4n) is 1.07. The summed E-state index contributed by atoms with van der Waals surface area (Å²) in [6.45, 7) is 0. The number of aryl methyl sites for hydroxylation is 1. The Bertz CT molecular complexity index is 507. The molecule has 0 saturated carbocycles. The molecule has 1 aromatic heterocycles. The molecule has 0 spiro atoms. The predicted octanol–water partition coefficient (Wildman–Crippen LogP) is 0.878. The topological polar surface area (TPSA) is 65.4 Å². The molecule has 84 valence electrons. The molecule has 0 N–H and O–H groups in total. The molecule has 0 aromatic carbocycles. The molecular weight excluding hydrogens is 249 g/mol. The van der Waals surface area contributed by atoms with Gasteiger partial charge in [0, 0.05) is 23.9 Å². The van der Waals surface area contributed by atoms with Gasteiger partial charge in [0.2, 0.25) is 0 Å². The van der Waals surface area contributed by atoms with Gasteiger partial charge in [-0.1, -0.05) is 0 Å². The van der Waals surface area contributed by atoms with Crippen molar-refractivity contribution in [3.8, 4) is 0 Å². The van der Waals surface area contributed by atoms with Crippen LogP contribution in [0.5, 0.6) is 0 Å². The lowest BCUT2D eigenvalue weighted by Crippen LogP contribution is -2.09. The lowest BCUT2D eigenvalue weighted by atomic mass is 10.4. The van der Waals surface area contributed by atoms with Crippen LogP contribution in [-0.2, 0) is 20.8 Å². The van der Waals surface area contributed by atoms with Crippen molar-refractivity contribution in [2.24, 2.45) is 7.05 Å². The molecule has 0 radical (unpaired) electrons. The van der Waals surface area contributed by atoms with Crippen molar-refractivity contribution in [1.29, 1.82) is 0 Å². The Morgan fingerprint density at radius 3 is 2.47 bits per heavy atom. The maximum atomic E-state index is 13.4. The summed E-state index contributed by atoms with van der Waals surface area (Å²) in [4.78, 5) is 10.3. The van der Waals surface area contributed by atoms with Crippen LogP contribution >= 0.6 is 10.7 Å². The van der Waals surface area contributed by atoms with Crippen LogP contribution in [0.15, 0.2) is 11.1 Å². The maximum absolute atomic E-state index is 13.4. The molecule has 0 amide bonds. The first kappa shape index (κ1) is 12.0. The highest BCUT2D eigenvalue weighted by molar-refractivity contribution is 8.13. The van der Waals surface area contributed by atoms with E-state index in [0.717, 1.165) is 17.9 Å². The highest BCUT2D eigenvalue weighted by atomic mass is 35.7. The van der Waals surface area contributed by atoms with Crippen molar-refractivity contribution in [2.45, 2.75) is 4.90 Å². The van der Waals surface area contributed by atoms with E-state index in [1.807, 2.05) is 0 Å². The van der Waals surface area contributed by atoms with Gasteiger partial charge < -0.3 is 9.30 Å². The van der Waals surface area contributed by atoms with Crippen LogP contribution in [0.3, 0.4) is 0 Å². The number of carbonyl (C=O) groups excluding carboxylic acids is 1. The van der Waals surface area contributed by atoms with Crippen LogP contribution < -0.4 is 0 Å². The third-order valence-corrected chi connectivity index (χ3v) is 3.04. The number of carbonyl (C=O) groups is 1. The van der Waals surface area contributed by atoms with Crippen LogP contribution in [0.4, 0.5) is 4.39 Å². The fraction of sp³-hybridized carbons (Fsp3) is 0.286. The van der Waals surface area contributed by atoms with Crippen LogP contribution in [0, 0.1) is 5.82 Å². The number of rotatable bonds is 2. The number of ether oxygens (including phenoxy) is 1. The van der Waals surface area contributed by atoms with Crippen molar-refractivity contribution in [3.05, 3.63) is 17.7 Å². The van der Waals surface area contributed by atoms with Gasteiger partial charge in [0.05, 0.1) is 7.11 Å². The van der Waals surface area contributed by atoms with Crippen molar-refractivity contribution in [1.82, 2.24) is 4.57 Å². The van der Waals surface area contributed by atoms with Gasteiger partial charge in [0.1, 0.15) is 4.90 Å². The van der Waals surface area contributed by atoms with Gasteiger partial charge in [-0.2, -0.15) is 0 Å². The van der Waals surface area contributed by atoms with E-state index in [0.29, 0.717) is 0 Å². The average molecular weight is 256 g/mol. The number of esters is 1. The summed E-state index contributed by atoms with van der Waals surface area (Å²) in [6, 6.07) is 0. The summed E-state index contributed by atoms with van der Waals surface area (Å²) < 4.78 is 40.5. The normalized spacial score (nSPS) is 11.5. The summed E-state index contributed by atoms with van der Waals surface area (Å²) >= 11 is 0. The number of aromatic nitrogens is 1. The average Bonchev–Trinajstić information content (AvgIpc) is 2.40. The van der Waals surface area contributed by atoms with Crippen molar-refractivity contribution >= 4 is 25.7 Å². The minimum absolute atomic E-state index is 0.489. The second-order valence-electron chi connectivity index (χ2n) is 2.70. The molecule has 0 aliphatic rings. The largest absolute Gasteiger partial charge is 0.464 e. The molecule has 1 aromatic rings. The summed E-state index contributed by atoms with van der Waals surface area (Å²) in [7, 11) is 3.12. The van der Waals surface area contributed by atoms with Crippen molar-refractivity contribution < 1.29 is 22.3 Å². The summed E-state index contributed by atoms with van der Waals surface area (Å²) in [5, 5.41) is 0. The van der Waals surface area contributed by atoms with E-state index in [2.05, 4.69) is 4.74 Å². The van der Waals surface area contributed by atoms with Crippen LogP contribution in [0.25, 0.3) is 0 Å². The fourth-order valence-corrected chi connectivity index (χ4v) is 1.99. The molecular formula is C7H7ClFNO4S. The molecule has 0 bridgehead atoms. The van der Waals surface area contributed by atoms with Crippen molar-refractivity contribution in [3.63, 3.8) is 0 Å².